The average Bonchev–Trinajstić information content (AvgIpc) is 2.73. The highest BCUT2D eigenvalue weighted by molar-refractivity contribution is 6.29. The van der Waals surface area contributed by atoms with Gasteiger partial charge in [0.25, 0.3) is 0 Å². The van der Waals surface area contributed by atoms with E-state index in [4.69, 9.17) is 16.3 Å². The zero-order valence-corrected chi connectivity index (χ0v) is 17.2. The van der Waals surface area contributed by atoms with Crippen LogP contribution in [-0.4, -0.2) is 60.1 Å². The van der Waals surface area contributed by atoms with E-state index < -0.39 is 0 Å². The maximum atomic E-state index is 11.5. The molecule has 0 saturated carbocycles. The van der Waals surface area contributed by atoms with Crippen LogP contribution in [-0.2, 0) is 11.2 Å². The topological polar surface area (TPSA) is 70.6 Å². The van der Waals surface area contributed by atoms with E-state index in [2.05, 4.69) is 31.2 Å². The highest BCUT2D eigenvalue weighted by Gasteiger charge is 2.18. The number of carbonyl (C=O) groups is 1. The Balaban J connectivity index is 1.14. The normalized spacial score (nSPS) is 17.0. The number of hydrogen-bond acceptors (Lipinski definition) is 6. The number of unbranched alkanes of at least 4 members (excludes halogenated alkanes) is 1. The number of halogens is 1. The van der Waals surface area contributed by atoms with Crippen molar-refractivity contribution in [2.45, 2.75) is 25.7 Å². The standard InChI is InChI=1S/C21H26ClN5O2/c22-19-14-20(24-15-23-19)27-10-8-26(9-11-27)7-1-2-12-29-17-5-3-16-4-6-21(28)25-18(16)13-17/h3,5,13-15H,1-2,4,6-12H2,(H,25,28). The van der Waals surface area contributed by atoms with Crippen LogP contribution >= 0.6 is 11.6 Å². The van der Waals surface area contributed by atoms with E-state index in [0.717, 1.165) is 69.2 Å². The quantitative estimate of drug-likeness (QED) is 0.553. The van der Waals surface area contributed by atoms with Crippen LogP contribution in [0.1, 0.15) is 24.8 Å². The van der Waals surface area contributed by atoms with Gasteiger partial charge in [0.15, 0.2) is 0 Å². The summed E-state index contributed by atoms with van der Waals surface area (Å²) in [6, 6.07) is 7.80. The van der Waals surface area contributed by atoms with Gasteiger partial charge in [0.05, 0.1) is 6.61 Å². The minimum absolute atomic E-state index is 0.0811. The largest absolute Gasteiger partial charge is 0.494 e. The second-order valence-electron chi connectivity index (χ2n) is 7.45. The Kier molecular flexibility index (Phi) is 6.46. The fraction of sp³-hybridized carbons (Fsp3) is 0.476. The monoisotopic (exact) mass is 415 g/mol. The molecule has 0 unspecified atom stereocenters. The van der Waals surface area contributed by atoms with E-state index in [1.807, 2.05) is 18.2 Å². The molecule has 0 aliphatic carbocycles. The van der Waals surface area contributed by atoms with Crippen LogP contribution in [0.4, 0.5) is 11.5 Å². The molecular formula is C21H26ClN5O2. The third-order valence-electron chi connectivity index (χ3n) is 5.43. The van der Waals surface area contributed by atoms with Gasteiger partial charge >= 0.3 is 0 Å². The van der Waals surface area contributed by atoms with Crippen molar-refractivity contribution >= 4 is 29.0 Å². The predicted octanol–water partition coefficient (Wildman–Crippen LogP) is 3.00. The van der Waals surface area contributed by atoms with Gasteiger partial charge in [0, 0.05) is 50.4 Å². The molecule has 4 rings (SSSR count). The number of ether oxygens (including phenoxy) is 1. The van der Waals surface area contributed by atoms with Gasteiger partial charge in [-0.05, 0) is 37.4 Å². The summed E-state index contributed by atoms with van der Waals surface area (Å²) in [7, 11) is 0. The van der Waals surface area contributed by atoms with Crippen molar-refractivity contribution in [2.24, 2.45) is 0 Å². The first-order valence-electron chi connectivity index (χ1n) is 10.2. The molecule has 1 amide bonds. The summed E-state index contributed by atoms with van der Waals surface area (Å²) < 4.78 is 5.88. The molecule has 2 aromatic rings. The maximum absolute atomic E-state index is 11.5. The molecule has 1 aromatic carbocycles. The van der Waals surface area contributed by atoms with Crippen LogP contribution in [0, 0.1) is 0 Å². The fourth-order valence-corrected chi connectivity index (χ4v) is 3.91. The van der Waals surface area contributed by atoms with E-state index in [-0.39, 0.29) is 5.91 Å². The van der Waals surface area contributed by atoms with Crippen LogP contribution in [0.25, 0.3) is 0 Å². The third kappa shape index (κ3) is 5.36. The van der Waals surface area contributed by atoms with Crippen molar-refractivity contribution in [1.82, 2.24) is 14.9 Å². The van der Waals surface area contributed by atoms with Gasteiger partial charge in [-0.3, -0.25) is 9.69 Å². The lowest BCUT2D eigenvalue weighted by Gasteiger charge is -2.35. The Labute approximate surface area is 176 Å². The molecule has 1 aromatic heterocycles. The number of nitrogens with one attached hydrogen (secondary N) is 1. The summed E-state index contributed by atoms with van der Waals surface area (Å²) in [4.78, 5) is 24.5. The van der Waals surface area contributed by atoms with E-state index in [1.54, 1.807) is 0 Å². The van der Waals surface area contributed by atoms with Gasteiger partial charge < -0.3 is 15.0 Å². The molecule has 1 N–H and O–H groups in total. The molecule has 2 aliphatic rings. The zero-order chi connectivity index (χ0) is 20.1. The number of hydrogen-bond donors (Lipinski definition) is 1. The van der Waals surface area contributed by atoms with E-state index in [9.17, 15) is 4.79 Å². The minimum atomic E-state index is 0.0811. The van der Waals surface area contributed by atoms with Crippen molar-refractivity contribution in [3.05, 3.63) is 41.3 Å². The number of carbonyl (C=O) groups excluding carboxylic acids is 1. The Morgan fingerprint density at radius 2 is 1.93 bits per heavy atom. The van der Waals surface area contributed by atoms with Crippen LogP contribution in [0.2, 0.25) is 5.15 Å². The van der Waals surface area contributed by atoms with Crippen LogP contribution in [0.3, 0.4) is 0 Å². The number of amides is 1. The number of aryl methyl sites for hydroxylation is 1. The molecule has 0 radical (unpaired) electrons. The summed E-state index contributed by atoms with van der Waals surface area (Å²) in [6.07, 6.45) is 4.99. The molecular weight excluding hydrogens is 390 g/mol. The summed E-state index contributed by atoms with van der Waals surface area (Å²) in [6.45, 7) is 5.70. The molecule has 3 heterocycles. The Bertz CT molecular complexity index is 855. The second kappa shape index (κ2) is 9.41. The Morgan fingerprint density at radius 3 is 2.76 bits per heavy atom. The molecule has 1 fully saturated rings. The van der Waals surface area contributed by atoms with Crippen molar-refractivity contribution < 1.29 is 9.53 Å². The second-order valence-corrected chi connectivity index (χ2v) is 7.84. The molecule has 1 saturated heterocycles. The van der Waals surface area contributed by atoms with Gasteiger partial charge in [-0.1, -0.05) is 17.7 Å². The van der Waals surface area contributed by atoms with Crippen molar-refractivity contribution in [3.63, 3.8) is 0 Å². The predicted molar refractivity (Wildman–Crippen MR) is 114 cm³/mol. The number of benzene rings is 1. The number of rotatable bonds is 7. The number of nitrogens with zero attached hydrogens (tertiary/aromatic N) is 4. The molecule has 0 atom stereocenters. The maximum Gasteiger partial charge on any atom is 0.224 e. The smallest absolute Gasteiger partial charge is 0.224 e. The van der Waals surface area contributed by atoms with Crippen LogP contribution in [0.5, 0.6) is 5.75 Å². The Hall–Kier alpha value is -2.38. The SMILES string of the molecule is O=C1CCc2ccc(OCCCCN3CCN(c4cc(Cl)ncn4)CC3)cc2N1. The van der Waals surface area contributed by atoms with Gasteiger partial charge in [-0.15, -0.1) is 0 Å². The molecule has 0 spiro atoms. The first-order chi connectivity index (χ1) is 14.2. The number of aromatic nitrogens is 2. The van der Waals surface area contributed by atoms with Gasteiger partial charge in [0.1, 0.15) is 23.0 Å². The molecule has 2 aliphatic heterocycles. The number of piperazine rings is 1. The van der Waals surface area contributed by atoms with Gasteiger partial charge in [-0.25, -0.2) is 9.97 Å². The van der Waals surface area contributed by atoms with Crippen molar-refractivity contribution in [3.8, 4) is 5.75 Å². The third-order valence-corrected chi connectivity index (χ3v) is 5.64. The van der Waals surface area contributed by atoms with Gasteiger partial charge in [-0.2, -0.15) is 0 Å². The van der Waals surface area contributed by atoms with E-state index >= 15 is 0 Å². The lowest BCUT2D eigenvalue weighted by atomic mass is 10.0. The zero-order valence-electron chi connectivity index (χ0n) is 16.4. The number of fused-ring (bicyclic) bond motifs is 1. The van der Waals surface area contributed by atoms with E-state index in [0.29, 0.717) is 18.2 Å². The highest BCUT2D eigenvalue weighted by atomic mass is 35.5. The molecule has 0 bridgehead atoms. The molecule has 7 nitrogen and oxygen atoms in total. The summed E-state index contributed by atoms with van der Waals surface area (Å²) in [5, 5.41) is 3.40. The summed E-state index contributed by atoms with van der Waals surface area (Å²) >= 11 is 5.96. The minimum Gasteiger partial charge on any atom is -0.494 e. The fourth-order valence-electron chi connectivity index (χ4n) is 3.77. The number of anilines is 2. The highest BCUT2D eigenvalue weighted by Crippen LogP contribution is 2.27. The van der Waals surface area contributed by atoms with E-state index in [1.165, 1.54) is 11.9 Å². The lowest BCUT2D eigenvalue weighted by molar-refractivity contribution is -0.116. The summed E-state index contributed by atoms with van der Waals surface area (Å²) in [5.41, 5.74) is 2.07. The Morgan fingerprint density at radius 1 is 1.07 bits per heavy atom. The first kappa shape index (κ1) is 19.9. The van der Waals surface area contributed by atoms with Crippen LogP contribution < -0.4 is 15.0 Å². The van der Waals surface area contributed by atoms with Crippen molar-refractivity contribution in [1.29, 1.82) is 0 Å². The molecule has 29 heavy (non-hydrogen) atoms. The first-order valence-corrected chi connectivity index (χ1v) is 10.6. The average molecular weight is 416 g/mol. The van der Waals surface area contributed by atoms with Crippen molar-refractivity contribution in [2.75, 3.05) is 49.5 Å². The molecule has 8 heteroatoms. The summed E-state index contributed by atoms with van der Waals surface area (Å²) in [5.74, 6) is 1.81. The van der Waals surface area contributed by atoms with Crippen LogP contribution in [0.15, 0.2) is 30.6 Å². The lowest BCUT2D eigenvalue weighted by Crippen LogP contribution is -2.47. The molecule has 154 valence electrons. The van der Waals surface area contributed by atoms with Gasteiger partial charge in [0.2, 0.25) is 5.91 Å².